The van der Waals surface area contributed by atoms with Crippen molar-refractivity contribution >= 4 is 39.5 Å². The molecule has 0 aliphatic carbocycles. The van der Waals surface area contributed by atoms with E-state index in [0.29, 0.717) is 25.7 Å². The Morgan fingerprint density at radius 1 is 0.247 bits per heavy atom. The van der Waals surface area contributed by atoms with Crippen molar-refractivity contribution in [1.82, 2.24) is 0 Å². The van der Waals surface area contributed by atoms with Crippen LogP contribution in [-0.2, 0) is 65.4 Å². The molecule has 0 aromatic carbocycles. The second-order valence-electron chi connectivity index (χ2n) is 28.1. The van der Waals surface area contributed by atoms with Crippen LogP contribution in [0.25, 0.3) is 0 Å². The van der Waals surface area contributed by atoms with Gasteiger partial charge in [0.1, 0.15) is 19.3 Å². The number of aliphatic hydroxyl groups excluding tert-OH is 1. The fourth-order valence-corrected chi connectivity index (χ4v) is 13.7. The SMILES string of the molecule is CCCCCCCCCCCCCCCCCCCCCCCCC(=O)O[C@H](COC(=O)CCCCCCCCCCCCCCCCCCCCCC)COP(=O)(O)OC[C@@H](O)COP(=O)(O)OC[C@@H](COC(=O)CCCCCCCCC)OC(=O)CCCCCCCCCC. The van der Waals surface area contributed by atoms with E-state index in [-0.39, 0.29) is 25.7 Å². The molecule has 17 nitrogen and oxygen atoms in total. The fourth-order valence-electron chi connectivity index (χ4n) is 12.1. The predicted octanol–water partition coefficient (Wildman–Crippen LogP) is 23.4. The first kappa shape index (κ1) is 95.1. The number of carbonyl (C=O) groups excluding carboxylic acids is 4. The Labute approximate surface area is 594 Å². The van der Waals surface area contributed by atoms with Crippen LogP contribution in [0.15, 0.2) is 0 Å². The summed E-state index contributed by atoms with van der Waals surface area (Å²) in [5.74, 6) is -2.12. The van der Waals surface area contributed by atoms with E-state index < -0.39 is 97.5 Å². The molecule has 0 rings (SSSR count). The molecule has 0 aromatic heterocycles. The molecular formula is C78H152O17P2. The lowest BCUT2D eigenvalue weighted by molar-refractivity contribution is -0.161. The highest BCUT2D eigenvalue weighted by Crippen LogP contribution is 2.45. The summed E-state index contributed by atoms with van der Waals surface area (Å²) < 4.78 is 68.3. The van der Waals surface area contributed by atoms with Gasteiger partial charge < -0.3 is 33.8 Å². The number of ether oxygens (including phenoxy) is 4. The Kier molecular flexibility index (Phi) is 71.0. The van der Waals surface area contributed by atoms with Crippen LogP contribution in [0.3, 0.4) is 0 Å². The zero-order valence-corrected chi connectivity index (χ0v) is 64.8. The third-order valence-corrected chi connectivity index (χ3v) is 20.3. The minimum atomic E-state index is -4.96. The van der Waals surface area contributed by atoms with E-state index >= 15 is 0 Å². The minimum Gasteiger partial charge on any atom is -0.462 e. The Hall–Kier alpha value is -1.94. The van der Waals surface area contributed by atoms with E-state index in [4.69, 9.17) is 37.0 Å². The van der Waals surface area contributed by atoms with Crippen LogP contribution in [0.5, 0.6) is 0 Å². The number of phosphoric ester groups is 2. The Bertz CT molecular complexity index is 1840. The number of unbranched alkanes of at least 4 members (excludes halogenated alkanes) is 53. The number of aliphatic hydroxyl groups is 1. The molecule has 19 heteroatoms. The molecule has 0 fully saturated rings. The summed E-state index contributed by atoms with van der Waals surface area (Å²) in [6.45, 7) is 4.92. The van der Waals surface area contributed by atoms with Crippen LogP contribution in [0.1, 0.15) is 419 Å². The molecule has 0 saturated carbocycles. The number of hydrogen-bond acceptors (Lipinski definition) is 15. The summed E-state index contributed by atoms with van der Waals surface area (Å²) in [6.07, 6.45) is 64.4. The summed E-state index contributed by atoms with van der Waals surface area (Å²) >= 11 is 0. The minimum absolute atomic E-state index is 0.105. The van der Waals surface area contributed by atoms with Crippen LogP contribution in [0.2, 0.25) is 0 Å². The molecule has 2 unspecified atom stereocenters. The number of rotatable bonds is 79. The first-order valence-electron chi connectivity index (χ1n) is 40.8. The van der Waals surface area contributed by atoms with Crippen LogP contribution >= 0.6 is 15.6 Å². The predicted molar refractivity (Wildman–Crippen MR) is 395 cm³/mol. The fraction of sp³-hybridized carbons (Fsp3) is 0.949. The molecule has 0 aliphatic heterocycles. The summed E-state index contributed by atoms with van der Waals surface area (Å²) in [6, 6.07) is 0. The summed E-state index contributed by atoms with van der Waals surface area (Å²) in [5, 5.41) is 10.6. The van der Waals surface area contributed by atoms with E-state index in [2.05, 4.69) is 27.7 Å². The molecule has 0 bridgehead atoms. The molecule has 5 atom stereocenters. The normalized spacial score (nSPS) is 13.8. The summed E-state index contributed by atoms with van der Waals surface area (Å²) in [5.41, 5.74) is 0. The van der Waals surface area contributed by atoms with Gasteiger partial charge in [-0.1, -0.05) is 368 Å². The number of carbonyl (C=O) groups is 4. The third-order valence-electron chi connectivity index (χ3n) is 18.4. The molecule has 0 aromatic rings. The van der Waals surface area contributed by atoms with E-state index in [1.165, 1.54) is 231 Å². The number of hydrogen-bond donors (Lipinski definition) is 3. The van der Waals surface area contributed by atoms with Gasteiger partial charge in [-0.3, -0.25) is 37.3 Å². The third kappa shape index (κ3) is 72.2. The van der Waals surface area contributed by atoms with E-state index in [9.17, 15) is 43.2 Å². The molecule has 0 aliphatic rings. The highest BCUT2D eigenvalue weighted by atomic mass is 31.2. The smallest absolute Gasteiger partial charge is 0.462 e. The maximum absolute atomic E-state index is 13.1. The zero-order chi connectivity index (χ0) is 71.1. The van der Waals surface area contributed by atoms with E-state index in [0.717, 1.165) is 109 Å². The molecule has 0 radical (unpaired) electrons. The number of esters is 4. The van der Waals surface area contributed by atoms with Crippen molar-refractivity contribution < 1.29 is 80.2 Å². The van der Waals surface area contributed by atoms with Gasteiger partial charge in [0, 0.05) is 25.7 Å². The molecule has 0 saturated heterocycles. The van der Waals surface area contributed by atoms with Gasteiger partial charge in [0.15, 0.2) is 12.2 Å². The Morgan fingerprint density at radius 2 is 0.412 bits per heavy atom. The monoisotopic (exact) mass is 1420 g/mol. The van der Waals surface area contributed by atoms with Gasteiger partial charge in [0.05, 0.1) is 26.4 Å². The Balaban J connectivity index is 5.09. The highest BCUT2D eigenvalue weighted by Gasteiger charge is 2.30. The maximum atomic E-state index is 13.1. The molecule has 0 heterocycles. The molecule has 3 N–H and O–H groups in total. The van der Waals surface area contributed by atoms with Gasteiger partial charge in [-0.15, -0.1) is 0 Å². The first-order valence-corrected chi connectivity index (χ1v) is 43.8. The largest absolute Gasteiger partial charge is 0.472 e. The molecule has 0 spiro atoms. The second kappa shape index (κ2) is 72.4. The van der Waals surface area contributed by atoms with Gasteiger partial charge >= 0.3 is 39.5 Å². The highest BCUT2D eigenvalue weighted by molar-refractivity contribution is 7.47. The zero-order valence-electron chi connectivity index (χ0n) is 63.1. The van der Waals surface area contributed by atoms with Crippen LogP contribution in [0, 0.1) is 0 Å². The quantitative estimate of drug-likeness (QED) is 0.0222. The number of phosphoric acid groups is 2. The molecular weight excluding hydrogens is 1270 g/mol. The standard InChI is InChI=1S/C78H152O17P2/c1-5-9-13-17-21-24-26-28-30-32-34-36-37-39-41-43-45-47-49-53-57-61-65-78(83)95-74(69-89-76(81)63-59-55-52-48-46-44-42-40-38-35-33-31-29-27-25-22-18-14-10-6-2)71-93-97(86,87)91-67-72(79)66-90-96(84,85)92-70-73(68-88-75(80)62-58-54-50-20-16-12-8-4)94-77(82)64-60-56-51-23-19-15-11-7-3/h72-74,79H,5-71H2,1-4H3,(H,84,85)(H,86,87)/t72-,73+,74+/m0/s1. The summed E-state index contributed by atoms with van der Waals surface area (Å²) in [4.78, 5) is 72.6. The lowest BCUT2D eigenvalue weighted by Crippen LogP contribution is -2.30. The average Bonchev–Trinajstić information content (AvgIpc) is 2.52. The van der Waals surface area contributed by atoms with Gasteiger partial charge in [-0.25, -0.2) is 9.13 Å². The second-order valence-corrected chi connectivity index (χ2v) is 31.0. The van der Waals surface area contributed by atoms with Crippen LogP contribution in [-0.4, -0.2) is 96.7 Å². The van der Waals surface area contributed by atoms with Gasteiger partial charge in [0.25, 0.3) is 0 Å². The van der Waals surface area contributed by atoms with Crippen molar-refractivity contribution in [2.45, 2.75) is 438 Å². The van der Waals surface area contributed by atoms with Crippen molar-refractivity contribution in [1.29, 1.82) is 0 Å². The van der Waals surface area contributed by atoms with Crippen LogP contribution < -0.4 is 0 Å². The van der Waals surface area contributed by atoms with Crippen molar-refractivity contribution in [3.8, 4) is 0 Å². The van der Waals surface area contributed by atoms with E-state index in [1.807, 2.05) is 0 Å². The topological polar surface area (TPSA) is 237 Å². The Morgan fingerprint density at radius 3 is 0.608 bits per heavy atom. The van der Waals surface area contributed by atoms with Crippen molar-refractivity contribution in [2.75, 3.05) is 39.6 Å². The lowest BCUT2D eigenvalue weighted by atomic mass is 10.0. The molecule has 576 valence electrons. The molecule has 0 amide bonds. The molecule has 97 heavy (non-hydrogen) atoms. The first-order chi connectivity index (χ1) is 47.2. The summed E-state index contributed by atoms with van der Waals surface area (Å²) in [7, 11) is -9.90. The maximum Gasteiger partial charge on any atom is 0.472 e. The van der Waals surface area contributed by atoms with Crippen molar-refractivity contribution in [3.63, 3.8) is 0 Å². The van der Waals surface area contributed by atoms with Gasteiger partial charge in [-0.2, -0.15) is 0 Å². The van der Waals surface area contributed by atoms with E-state index in [1.54, 1.807) is 0 Å². The van der Waals surface area contributed by atoms with Crippen molar-refractivity contribution in [3.05, 3.63) is 0 Å². The van der Waals surface area contributed by atoms with Gasteiger partial charge in [0.2, 0.25) is 0 Å². The van der Waals surface area contributed by atoms with Crippen molar-refractivity contribution in [2.24, 2.45) is 0 Å². The average molecular weight is 1420 g/mol. The van der Waals surface area contributed by atoms with Crippen LogP contribution in [0.4, 0.5) is 0 Å². The van der Waals surface area contributed by atoms with Gasteiger partial charge in [-0.05, 0) is 25.7 Å². The lowest BCUT2D eigenvalue weighted by Gasteiger charge is -2.21.